The Labute approximate surface area is 82.3 Å². The van der Waals surface area contributed by atoms with Crippen molar-refractivity contribution in [2.45, 2.75) is 32.4 Å². The largest absolute Gasteiger partial charge is 0.479 e. The van der Waals surface area contributed by atoms with Crippen molar-refractivity contribution in [1.82, 2.24) is 10.6 Å². The summed E-state index contributed by atoms with van der Waals surface area (Å²) in [5.41, 5.74) is -0.391. The SMILES string of the molecule is CC(C)(C)NC(=O)NCC(O)C(=O)O. The summed E-state index contributed by atoms with van der Waals surface area (Å²) in [5.74, 6) is -1.36. The Morgan fingerprint density at radius 2 is 1.86 bits per heavy atom. The number of hydrogen-bond acceptors (Lipinski definition) is 3. The molecule has 0 bridgehead atoms. The highest BCUT2D eigenvalue weighted by molar-refractivity contribution is 5.77. The van der Waals surface area contributed by atoms with Crippen molar-refractivity contribution in [3.8, 4) is 0 Å². The highest BCUT2D eigenvalue weighted by Crippen LogP contribution is 1.97. The molecule has 0 aliphatic rings. The lowest BCUT2D eigenvalue weighted by Crippen LogP contribution is -2.48. The predicted octanol–water partition coefficient (Wildman–Crippen LogP) is -0.470. The molecule has 6 nitrogen and oxygen atoms in total. The molecule has 0 saturated heterocycles. The monoisotopic (exact) mass is 204 g/mol. The van der Waals surface area contributed by atoms with Gasteiger partial charge in [-0.1, -0.05) is 0 Å². The molecule has 0 aliphatic carbocycles. The fourth-order valence-electron chi connectivity index (χ4n) is 0.661. The van der Waals surface area contributed by atoms with Gasteiger partial charge in [-0.2, -0.15) is 0 Å². The van der Waals surface area contributed by atoms with Crippen LogP contribution in [0.2, 0.25) is 0 Å². The predicted molar refractivity (Wildman–Crippen MR) is 49.9 cm³/mol. The van der Waals surface area contributed by atoms with E-state index in [0.717, 1.165) is 0 Å². The van der Waals surface area contributed by atoms with Gasteiger partial charge in [0.15, 0.2) is 6.10 Å². The van der Waals surface area contributed by atoms with Crippen molar-refractivity contribution in [2.24, 2.45) is 0 Å². The number of urea groups is 1. The van der Waals surface area contributed by atoms with Gasteiger partial charge in [0.05, 0.1) is 6.54 Å². The van der Waals surface area contributed by atoms with Crippen LogP contribution in [0.5, 0.6) is 0 Å². The maximum atomic E-state index is 11.1. The molecule has 6 heteroatoms. The number of nitrogens with one attached hydrogen (secondary N) is 2. The van der Waals surface area contributed by atoms with Crippen LogP contribution in [0.15, 0.2) is 0 Å². The lowest BCUT2D eigenvalue weighted by molar-refractivity contribution is -0.146. The van der Waals surface area contributed by atoms with Gasteiger partial charge in [-0.05, 0) is 20.8 Å². The summed E-state index contributed by atoms with van der Waals surface area (Å²) in [4.78, 5) is 21.2. The first kappa shape index (κ1) is 12.7. The molecular weight excluding hydrogens is 188 g/mol. The van der Waals surface area contributed by atoms with Gasteiger partial charge in [-0.15, -0.1) is 0 Å². The molecule has 0 heterocycles. The van der Waals surface area contributed by atoms with Gasteiger partial charge in [-0.3, -0.25) is 0 Å². The Hall–Kier alpha value is -1.30. The van der Waals surface area contributed by atoms with Crippen LogP contribution in [0.3, 0.4) is 0 Å². The number of carbonyl (C=O) groups is 2. The van der Waals surface area contributed by atoms with Crippen LogP contribution in [0.4, 0.5) is 4.79 Å². The molecule has 1 atom stereocenters. The molecule has 0 aliphatic heterocycles. The zero-order valence-corrected chi connectivity index (χ0v) is 8.50. The first-order valence-electron chi connectivity index (χ1n) is 4.19. The van der Waals surface area contributed by atoms with E-state index in [1.165, 1.54) is 0 Å². The van der Waals surface area contributed by atoms with E-state index in [-0.39, 0.29) is 6.54 Å². The molecule has 0 radical (unpaired) electrons. The van der Waals surface area contributed by atoms with Crippen molar-refractivity contribution >= 4 is 12.0 Å². The number of hydrogen-bond donors (Lipinski definition) is 4. The average Bonchev–Trinajstić information content (AvgIpc) is 1.96. The highest BCUT2D eigenvalue weighted by atomic mass is 16.4. The summed E-state index contributed by atoms with van der Waals surface area (Å²) in [6.45, 7) is 5.07. The Morgan fingerprint density at radius 1 is 1.36 bits per heavy atom. The van der Waals surface area contributed by atoms with Gasteiger partial charge in [0, 0.05) is 5.54 Å². The Kier molecular flexibility index (Phi) is 4.36. The zero-order valence-electron chi connectivity index (χ0n) is 8.50. The maximum Gasteiger partial charge on any atom is 0.334 e. The van der Waals surface area contributed by atoms with Gasteiger partial charge in [-0.25, -0.2) is 9.59 Å². The minimum Gasteiger partial charge on any atom is -0.479 e. The highest BCUT2D eigenvalue weighted by Gasteiger charge is 2.17. The van der Waals surface area contributed by atoms with Gasteiger partial charge >= 0.3 is 12.0 Å². The molecule has 0 rings (SSSR count). The molecule has 0 aromatic carbocycles. The van der Waals surface area contributed by atoms with Crippen molar-refractivity contribution in [3.63, 3.8) is 0 Å². The summed E-state index contributed by atoms with van der Waals surface area (Å²) < 4.78 is 0. The number of aliphatic hydroxyl groups excluding tert-OH is 1. The van der Waals surface area contributed by atoms with Gasteiger partial charge in [0.1, 0.15) is 0 Å². The third-order valence-electron chi connectivity index (χ3n) is 1.23. The van der Waals surface area contributed by atoms with Crippen LogP contribution < -0.4 is 10.6 Å². The second-order valence-corrected chi connectivity index (χ2v) is 3.94. The average molecular weight is 204 g/mol. The summed E-state index contributed by atoms with van der Waals surface area (Å²) >= 11 is 0. The van der Waals surface area contributed by atoms with Gasteiger partial charge in [0.25, 0.3) is 0 Å². The van der Waals surface area contributed by atoms with E-state index < -0.39 is 23.6 Å². The summed E-state index contributed by atoms with van der Waals surface area (Å²) in [6, 6.07) is -0.502. The van der Waals surface area contributed by atoms with E-state index in [1.807, 2.05) is 0 Å². The van der Waals surface area contributed by atoms with Crippen LogP contribution in [0, 0.1) is 0 Å². The molecule has 0 aromatic heterocycles. The van der Waals surface area contributed by atoms with Crippen molar-refractivity contribution < 1.29 is 19.8 Å². The molecule has 1 unspecified atom stereocenters. The third kappa shape index (κ3) is 6.24. The van der Waals surface area contributed by atoms with Gasteiger partial charge < -0.3 is 20.8 Å². The molecule has 0 spiro atoms. The van der Waals surface area contributed by atoms with E-state index >= 15 is 0 Å². The number of rotatable bonds is 3. The number of carboxylic acid groups (broad SMARTS) is 1. The normalized spacial score (nSPS) is 13.1. The fourth-order valence-corrected chi connectivity index (χ4v) is 0.661. The van der Waals surface area contributed by atoms with E-state index in [2.05, 4.69) is 10.6 Å². The minimum atomic E-state index is -1.57. The number of amides is 2. The van der Waals surface area contributed by atoms with Crippen molar-refractivity contribution in [3.05, 3.63) is 0 Å². The summed E-state index contributed by atoms with van der Waals surface area (Å²) in [5, 5.41) is 21.9. The maximum absolute atomic E-state index is 11.1. The lowest BCUT2D eigenvalue weighted by atomic mass is 10.1. The first-order valence-corrected chi connectivity index (χ1v) is 4.19. The smallest absolute Gasteiger partial charge is 0.334 e. The Balaban J connectivity index is 3.81. The summed E-state index contributed by atoms with van der Waals surface area (Å²) in [7, 11) is 0. The van der Waals surface area contributed by atoms with E-state index in [9.17, 15) is 9.59 Å². The lowest BCUT2D eigenvalue weighted by Gasteiger charge is -2.21. The fraction of sp³-hybridized carbons (Fsp3) is 0.750. The number of carbonyl (C=O) groups excluding carboxylic acids is 1. The van der Waals surface area contributed by atoms with Crippen molar-refractivity contribution in [2.75, 3.05) is 6.54 Å². The third-order valence-corrected chi connectivity index (χ3v) is 1.23. The Bertz CT molecular complexity index is 222. The topological polar surface area (TPSA) is 98.7 Å². The van der Waals surface area contributed by atoms with Crippen LogP contribution in [0.25, 0.3) is 0 Å². The standard InChI is InChI=1S/C8H16N2O4/c1-8(2,3)10-7(14)9-4-5(11)6(12)13/h5,11H,4H2,1-3H3,(H,12,13)(H2,9,10,14). The van der Waals surface area contributed by atoms with E-state index in [1.54, 1.807) is 20.8 Å². The molecule has 82 valence electrons. The van der Waals surface area contributed by atoms with E-state index in [0.29, 0.717) is 0 Å². The molecule has 0 aromatic rings. The molecular formula is C8H16N2O4. The van der Waals surface area contributed by atoms with Crippen LogP contribution in [-0.4, -0.2) is 40.4 Å². The molecule has 14 heavy (non-hydrogen) atoms. The number of aliphatic hydroxyl groups is 1. The van der Waals surface area contributed by atoms with E-state index in [4.69, 9.17) is 10.2 Å². The molecule has 0 fully saturated rings. The van der Waals surface area contributed by atoms with Crippen LogP contribution in [0.1, 0.15) is 20.8 Å². The second kappa shape index (κ2) is 4.80. The number of carboxylic acids is 1. The quantitative estimate of drug-likeness (QED) is 0.499. The zero-order chi connectivity index (χ0) is 11.4. The number of aliphatic carboxylic acids is 1. The van der Waals surface area contributed by atoms with Crippen molar-refractivity contribution in [1.29, 1.82) is 0 Å². The van der Waals surface area contributed by atoms with Crippen LogP contribution in [-0.2, 0) is 4.79 Å². The first-order chi connectivity index (χ1) is 6.22. The minimum absolute atomic E-state index is 0.308. The van der Waals surface area contributed by atoms with Crippen LogP contribution >= 0.6 is 0 Å². The second-order valence-electron chi connectivity index (χ2n) is 3.94. The summed E-state index contributed by atoms with van der Waals surface area (Å²) in [6.07, 6.45) is -1.57. The van der Waals surface area contributed by atoms with Gasteiger partial charge in [0.2, 0.25) is 0 Å². The molecule has 4 N–H and O–H groups in total. The Morgan fingerprint density at radius 3 is 2.21 bits per heavy atom. The molecule has 2 amide bonds. The molecule has 0 saturated carbocycles.